The predicted octanol–water partition coefficient (Wildman–Crippen LogP) is 1.23. The van der Waals surface area contributed by atoms with Gasteiger partial charge in [-0.2, -0.15) is 5.10 Å². The summed E-state index contributed by atoms with van der Waals surface area (Å²) in [7, 11) is -0.868. The van der Waals surface area contributed by atoms with Crippen molar-refractivity contribution in [1.29, 1.82) is 0 Å². The summed E-state index contributed by atoms with van der Waals surface area (Å²) in [5.41, 5.74) is 0. The molecule has 0 saturated carbocycles. The average Bonchev–Trinajstić information content (AvgIpc) is 2.89. The molecule has 19 heavy (non-hydrogen) atoms. The molecule has 7 nitrogen and oxygen atoms in total. The van der Waals surface area contributed by atoms with E-state index < -0.39 is 10.0 Å². The van der Waals surface area contributed by atoms with Gasteiger partial charge in [-0.25, -0.2) is 8.42 Å². The van der Waals surface area contributed by atoms with Crippen molar-refractivity contribution in [2.45, 2.75) is 4.90 Å². The zero-order chi connectivity index (χ0) is 13.9. The highest BCUT2D eigenvalue weighted by Gasteiger charge is 2.20. The number of nitrogens with one attached hydrogen (secondary N) is 2. The summed E-state index contributed by atoms with van der Waals surface area (Å²) in [6.07, 6.45) is 1.45. The third kappa shape index (κ3) is 2.79. The molecule has 0 fully saturated rings. The summed E-state index contributed by atoms with van der Waals surface area (Å²) in [5.74, 6) is 0.988. The topological polar surface area (TPSA) is 93.3 Å². The lowest BCUT2D eigenvalue weighted by molar-refractivity contribution is 0.386. The first-order valence-electron chi connectivity index (χ1n) is 5.31. The van der Waals surface area contributed by atoms with Crippen LogP contribution in [0.4, 0.5) is 5.82 Å². The molecule has 2 N–H and O–H groups in total. The van der Waals surface area contributed by atoms with Crippen LogP contribution in [0.5, 0.6) is 11.5 Å². The average molecular weight is 283 g/mol. The van der Waals surface area contributed by atoms with Gasteiger partial charge >= 0.3 is 0 Å². The van der Waals surface area contributed by atoms with E-state index in [1.165, 1.54) is 38.6 Å². The SMILES string of the molecule is COc1ccc(S(=O)(=O)Nc2ccn[nH]2)c(OC)c1. The van der Waals surface area contributed by atoms with Gasteiger partial charge in [-0.3, -0.25) is 9.82 Å². The first-order valence-corrected chi connectivity index (χ1v) is 6.79. The van der Waals surface area contributed by atoms with Gasteiger partial charge in [0.05, 0.1) is 20.4 Å². The van der Waals surface area contributed by atoms with Crippen LogP contribution in [0, 0.1) is 0 Å². The van der Waals surface area contributed by atoms with E-state index in [1.54, 1.807) is 6.07 Å². The Bertz CT molecular complexity index is 653. The van der Waals surface area contributed by atoms with Crippen LogP contribution in [0.3, 0.4) is 0 Å². The summed E-state index contributed by atoms with van der Waals surface area (Å²) in [6, 6.07) is 5.97. The molecule has 0 saturated heterocycles. The Hall–Kier alpha value is -2.22. The highest BCUT2D eigenvalue weighted by molar-refractivity contribution is 7.92. The van der Waals surface area contributed by atoms with Crippen LogP contribution in [-0.4, -0.2) is 32.8 Å². The third-order valence-electron chi connectivity index (χ3n) is 2.41. The Labute approximate surface area is 110 Å². The number of benzene rings is 1. The Morgan fingerprint density at radius 1 is 1.21 bits per heavy atom. The summed E-state index contributed by atoms with van der Waals surface area (Å²) in [5, 5.41) is 6.18. The summed E-state index contributed by atoms with van der Waals surface area (Å²) >= 11 is 0. The normalized spacial score (nSPS) is 11.1. The van der Waals surface area contributed by atoms with E-state index in [-0.39, 0.29) is 16.5 Å². The Morgan fingerprint density at radius 3 is 2.58 bits per heavy atom. The minimum Gasteiger partial charge on any atom is -0.497 e. The maximum atomic E-state index is 12.2. The van der Waals surface area contributed by atoms with E-state index in [9.17, 15) is 8.42 Å². The molecule has 8 heteroatoms. The minimum absolute atomic E-state index is 0.0189. The molecule has 1 heterocycles. The van der Waals surface area contributed by atoms with Gasteiger partial charge in [-0.15, -0.1) is 0 Å². The number of aromatic amines is 1. The summed E-state index contributed by atoms with van der Waals surface area (Å²) in [6.45, 7) is 0. The molecule has 0 aliphatic carbocycles. The van der Waals surface area contributed by atoms with Crippen LogP contribution in [-0.2, 0) is 10.0 Å². The van der Waals surface area contributed by atoms with E-state index in [1.807, 2.05) is 0 Å². The second kappa shape index (κ2) is 5.19. The highest BCUT2D eigenvalue weighted by Crippen LogP contribution is 2.29. The number of sulfonamides is 1. The van der Waals surface area contributed by atoms with Gasteiger partial charge in [-0.1, -0.05) is 0 Å². The minimum atomic E-state index is -3.75. The van der Waals surface area contributed by atoms with Crippen LogP contribution in [0.2, 0.25) is 0 Å². The second-order valence-electron chi connectivity index (χ2n) is 3.59. The largest absolute Gasteiger partial charge is 0.497 e. The van der Waals surface area contributed by atoms with Crippen molar-refractivity contribution in [1.82, 2.24) is 10.2 Å². The third-order valence-corrected chi connectivity index (χ3v) is 3.81. The van der Waals surface area contributed by atoms with E-state index in [0.29, 0.717) is 5.75 Å². The first-order chi connectivity index (χ1) is 9.06. The molecule has 1 aromatic carbocycles. The second-order valence-corrected chi connectivity index (χ2v) is 5.24. The number of ether oxygens (including phenoxy) is 2. The predicted molar refractivity (Wildman–Crippen MR) is 68.9 cm³/mol. The number of rotatable bonds is 5. The lowest BCUT2D eigenvalue weighted by Gasteiger charge is -2.11. The zero-order valence-electron chi connectivity index (χ0n) is 10.4. The number of nitrogens with zero attached hydrogens (tertiary/aromatic N) is 1. The summed E-state index contributed by atoms with van der Waals surface area (Å²) < 4.78 is 36.8. The fourth-order valence-electron chi connectivity index (χ4n) is 1.51. The van der Waals surface area contributed by atoms with Crippen molar-refractivity contribution in [3.8, 4) is 11.5 Å². The highest BCUT2D eigenvalue weighted by atomic mass is 32.2. The molecule has 2 aromatic rings. The first kappa shape index (κ1) is 13.2. The number of H-pyrrole nitrogens is 1. The van der Waals surface area contributed by atoms with Crippen LogP contribution in [0.25, 0.3) is 0 Å². The molecule has 0 bridgehead atoms. The van der Waals surface area contributed by atoms with Crippen molar-refractivity contribution in [3.63, 3.8) is 0 Å². The molecule has 0 amide bonds. The number of aromatic nitrogens is 2. The number of anilines is 1. The Balaban J connectivity index is 2.40. The standard InChI is InChI=1S/C11H13N3O4S/c1-17-8-3-4-10(9(7-8)18-2)19(15,16)14-11-5-6-12-13-11/h3-7H,1-2H3,(H2,12,13,14). The smallest absolute Gasteiger partial charge is 0.266 e. The Morgan fingerprint density at radius 2 is 2.00 bits per heavy atom. The van der Waals surface area contributed by atoms with Gasteiger partial charge in [0.1, 0.15) is 22.2 Å². The number of hydrogen-bond acceptors (Lipinski definition) is 5. The molecule has 0 aliphatic heterocycles. The molecule has 2 rings (SSSR count). The van der Waals surface area contributed by atoms with Crippen molar-refractivity contribution in [2.24, 2.45) is 0 Å². The number of methoxy groups -OCH3 is 2. The summed E-state index contributed by atoms with van der Waals surface area (Å²) in [4.78, 5) is 0.0189. The number of hydrogen-bond donors (Lipinski definition) is 2. The van der Waals surface area contributed by atoms with Gasteiger partial charge in [0.15, 0.2) is 0 Å². The van der Waals surface area contributed by atoms with Crippen LogP contribution >= 0.6 is 0 Å². The Kier molecular flexibility index (Phi) is 3.61. The van der Waals surface area contributed by atoms with Crippen molar-refractivity contribution < 1.29 is 17.9 Å². The molecular formula is C11H13N3O4S. The van der Waals surface area contributed by atoms with Crippen LogP contribution in [0.1, 0.15) is 0 Å². The molecule has 0 unspecified atom stereocenters. The van der Waals surface area contributed by atoms with Crippen molar-refractivity contribution >= 4 is 15.8 Å². The van der Waals surface area contributed by atoms with E-state index in [0.717, 1.165) is 0 Å². The van der Waals surface area contributed by atoms with Gasteiger partial charge in [0, 0.05) is 12.1 Å². The van der Waals surface area contributed by atoms with Gasteiger partial charge in [0.25, 0.3) is 10.0 Å². The van der Waals surface area contributed by atoms with Crippen LogP contribution < -0.4 is 14.2 Å². The fraction of sp³-hybridized carbons (Fsp3) is 0.182. The van der Waals surface area contributed by atoms with E-state index in [4.69, 9.17) is 9.47 Å². The maximum absolute atomic E-state index is 12.2. The fourth-order valence-corrected chi connectivity index (χ4v) is 2.68. The molecule has 0 radical (unpaired) electrons. The van der Waals surface area contributed by atoms with Crippen molar-refractivity contribution in [2.75, 3.05) is 18.9 Å². The quantitative estimate of drug-likeness (QED) is 0.860. The monoisotopic (exact) mass is 283 g/mol. The lowest BCUT2D eigenvalue weighted by atomic mass is 10.3. The molecule has 102 valence electrons. The molecular weight excluding hydrogens is 270 g/mol. The molecule has 0 aliphatic rings. The van der Waals surface area contributed by atoms with Crippen LogP contribution in [0.15, 0.2) is 35.4 Å². The van der Waals surface area contributed by atoms with Crippen molar-refractivity contribution in [3.05, 3.63) is 30.5 Å². The zero-order valence-corrected chi connectivity index (χ0v) is 11.2. The van der Waals surface area contributed by atoms with Gasteiger partial charge < -0.3 is 9.47 Å². The molecule has 0 spiro atoms. The van der Waals surface area contributed by atoms with E-state index in [2.05, 4.69) is 14.9 Å². The lowest BCUT2D eigenvalue weighted by Crippen LogP contribution is -2.14. The van der Waals surface area contributed by atoms with Gasteiger partial charge in [-0.05, 0) is 12.1 Å². The molecule has 1 aromatic heterocycles. The molecule has 0 atom stereocenters. The maximum Gasteiger partial charge on any atom is 0.266 e. The van der Waals surface area contributed by atoms with Gasteiger partial charge in [0.2, 0.25) is 0 Å². The van der Waals surface area contributed by atoms with E-state index >= 15 is 0 Å².